The van der Waals surface area contributed by atoms with Crippen molar-refractivity contribution in [3.05, 3.63) is 78.8 Å². The minimum atomic E-state index is -3.30. The lowest BCUT2D eigenvalue weighted by atomic mass is 10.2. The molecular formula is C24H20N6O2S. The molecule has 0 aliphatic carbocycles. The van der Waals surface area contributed by atoms with Gasteiger partial charge < -0.3 is 10.3 Å². The van der Waals surface area contributed by atoms with Crippen molar-refractivity contribution in [2.24, 2.45) is 0 Å². The van der Waals surface area contributed by atoms with Crippen molar-refractivity contribution >= 4 is 32.5 Å². The minimum absolute atomic E-state index is 0.254. The lowest BCUT2D eigenvalue weighted by Crippen LogP contribution is -1.99. The summed E-state index contributed by atoms with van der Waals surface area (Å²) in [5, 5.41) is 3.28. The fourth-order valence-corrected chi connectivity index (χ4v) is 4.19. The van der Waals surface area contributed by atoms with Crippen LogP contribution in [0, 0.1) is 6.92 Å². The average Bonchev–Trinajstić information content (AvgIpc) is 3.22. The molecule has 3 aromatic heterocycles. The van der Waals surface area contributed by atoms with Gasteiger partial charge in [0.25, 0.3) is 0 Å². The zero-order valence-corrected chi connectivity index (χ0v) is 18.8. The van der Waals surface area contributed by atoms with Gasteiger partial charge in [-0.2, -0.15) is 0 Å². The van der Waals surface area contributed by atoms with Gasteiger partial charge in [-0.1, -0.05) is 12.1 Å². The molecule has 0 aliphatic rings. The first-order valence-electron chi connectivity index (χ1n) is 10.2. The molecule has 0 radical (unpaired) electrons. The quantitative estimate of drug-likeness (QED) is 0.399. The van der Waals surface area contributed by atoms with E-state index in [4.69, 9.17) is 0 Å². The summed E-state index contributed by atoms with van der Waals surface area (Å²) < 4.78 is 23.8. The Kier molecular flexibility index (Phi) is 5.10. The van der Waals surface area contributed by atoms with Gasteiger partial charge in [0, 0.05) is 41.7 Å². The van der Waals surface area contributed by atoms with Gasteiger partial charge in [0.05, 0.1) is 21.6 Å². The Balaban J connectivity index is 1.48. The third-order valence-corrected chi connectivity index (χ3v) is 6.33. The number of aryl methyl sites for hydroxylation is 1. The molecular weight excluding hydrogens is 436 g/mol. The van der Waals surface area contributed by atoms with Crippen LogP contribution >= 0.6 is 0 Å². The number of aromatic amines is 1. The molecule has 0 atom stereocenters. The van der Waals surface area contributed by atoms with Gasteiger partial charge in [-0.3, -0.25) is 4.98 Å². The van der Waals surface area contributed by atoms with Crippen LogP contribution in [0.1, 0.15) is 5.56 Å². The number of H-pyrrole nitrogens is 1. The van der Waals surface area contributed by atoms with Gasteiger partial charge in [-0.05, 0) is 55.0 Å². The molecule has 0 fully saturated rings. The van der Waals surface area contributed by atoms with Gasteiger partial charge in [-0.15, -0.1) is 0 Å². The zero-order valence-electron chi connectivity index (χ0n) is 17.9. The van der Waals surface area contributed by atoms with Crippen LogP contribution < -0.4 is 5.32 Å². The number of fused-ring (bicyclic) bond motifs is 1. The van der Waals surface area contributed by atoms with Crippen molar-refractivity contribution < 1.29 is 8.42 Å². The van der Waals surface area contributed by atoms with E-state index in [1.807, 2.05) is 43.3 Å². The van der Waals surface area contributed by atoms with E-state index in [0.29, 0.717) is 17.3 Å². The maximum Gasteiger partial charge on any atom is 0.227 e. The van der Waals surface area contributed by atoms with Crippen LogP contribution in [0.15, 0.2) is 78.1 Å². The van der Waals surface area contributed by atoms with E-state index in [-0.39, 0.29) is 4.90 Å². The lowest BCUT2D eigenvalue weighted by molar-refractivity contribution is 0.602. The molecule has 33 heavy (non-hydrogen) atoms. The van der Waals surface area contributed by atoms with Crippen molar-refractivity contribution in [2.75, 3.05) is 11.6 Å². The van der Waals surface area contributed by atoms with E-state index in [1.54, 1.807) is 36.8 Å². The van der Waals surface area contributed by atoms with E-state index in [9.17, 15) is 8.42 Å². The van der Waals surface area contributed by atoms with E-state index < -0.39 is 9.84 Å². The first-order valence-corrected chi connectivity index (χ1v) is 12.1. The lowest BCUT2D eigenvalue weighted by Gasteiger charge is -2.09. The molecule has 9 heteroatoms. The van der Waals surface area contributed by atoms with Crippen molar-refractivity contribution in [1.29, 1.82) is 0 Å². The standard InChI is InChI=1S/C24H20N6O2S/c1-15-11-21-22(28-23(27-21)16-5-3-7-18(12-16)33(2,31)32)13-20(15)30-24-26-10-8-19(29-24)17-6-4-9-25-14-17/h3-14H,1-2H3,(H,27,28)(H,26,29,30). The third-order valence-electron chi connectivity index (χ3n) is 5.22. The Bertz CT molecular complexity index is 1580. The van der Waals surface area contributed by atoms with Crippen LogP contribution in [0.2, 0.25) is 0 Å². The molecule has 2 aromatic carbocycles. The van der Waals surface area contributed by atoms with E-state index in [0.717, 1.165) is 33.5 Å². The highest BCUT2D eigenvalue weighted by atomic mass is 32.2. The largest absolute Gasteiger partial charge is 0.338 e. The first kappa shape index (κ1) is 20.8. The molecule has 0 amide bonds. The summed E-state index contributed by atoms with van der Waals surface area (Å²) >= 11 is 0. The number of hydrogen-bond acceptors (Lipinski definition) is 7. The summed E-state index contributed by atoms with van der Waals surface area (Å²) in [6.45, 7) is 1.98. The summed E-state index contributed by atoms with van der Waals surface area (Å²) in [5.41, 5.74) is 5.78. The number of aromatic nitrogens is 5. The number of nitrogens with zero attached hydrogens (tertiary/aromatic N) is 4. The predicted octanol–water partition coefficient (Wildman–Crippen LogP) is 4.54. The van der Waals surface area contributed by atoms with Crippen molar-refractivity contribution in [3.63, 3.8) is 0 Å². The summed E-state index contributed by atoms with van der Waals surface area (Å²) in [6, 6.07) is 16.3. The van der Waals surface area contributed by atoms with Crippen molar-refractivity contribution in [1.82, 2.24) is 24.9 Å². The maximum absolute atomic E-state index is 11.9. The van der Waals surface area contributed by atoms with Crippen molar-refractivity contribution in [3.8, 4) is 22.6 Å². The number of rotatable bonds is 5. The molecule has 0 saturated heterocycles. The van der Waals surface area contributed by atoms with Crippen LogP contribution in [0.4, 0.5) is 11.6 Å². The fourth-order valence-electron chi connectivity index (χ4n) is 3.52. The van der Waals surface area contributed by atoms with Crippen LogP contribution in [-0.2, 0) is 9.84 Å². The molecule has 164 valence electrons. The second-order valence-electron chi connectivity index (χ2n) is 7.70. The molecule has 8 nitrogen and oxygen atoms in total. The number of sulfone groups is 1. The number of imidazole rings is 1. The van der Waals surface area contributed by atoms with Gasteiger partial charge in [0.15, 0.2) is 9.84 Å². The molecule has 2 N–H and O–H groups in total. The van der Waals surface area contributed by atoms with Gasteiger partial charge in [0.1, 0.15) is 5.82 Å². The van der Waals surface area contributed by atoms with E-state index >= 15 is 0 Å². The van der Waals surface area contributed by atoms with Crippen LogP contribution in [-0.4, -0.2) is 39.6 Å². The number of pyridine rings is 1. The Morgan fingerprint density at radius 3 is 2.58 bits per heavy atom. The zero-order chi connectivity index (χ0) is 23.0. The average molecular weight is 457 g/mol. The topological polar surface area (TPSA) is 114 Å². The number of benzene rings is 2. The highest BCUT2D eigenvalue weighted by Gasteiger charge is 2.13. The first-order chi connectivity index (χ1) is 15.9. The Hall–Kier alpha value is -4.11. The molecule has 0 bridgehead atoms. The Morgan fingerprint density at radius 2 is 1.79 bits per heavy atom. The summed E-state index contributed by atoms with van der Waals surface area (Å²) in [4.78, 5) is 21.3. The predicted molar refractivity (Wildman–Crippen MR) is 128 cm³/mol. The molecule has 0 saturated carbocycles. The van der Waals surface area contributed by atoms with Crippen LogP contribution in [0.3, 0.4) is 0 Å². The van der Waals surface area contributed by atoms with Gasteiger partial charge in [-0.25, -0.2) is 23.4 Å². The molecule has 3 heterocycles. The second-order valence-corrected chi connectivity index (χ2v) is 9.72. The normalized spacial score (nSPS) is 11.6. The highest BCUT2D eigenvalue weighted by molar-refractivity contribution is 7.90. The fraction of sp³-hybridized carbons (Fsp3) is 0.0833. The molecule has 0 spiro atoms. The molecule has 0 unspecified atom stereocenters. The summed E-state index contributed by atoms with van der Waals surface area (Å²) in [5.74, 6) is 1.07. The maximum atomic E-state index is 11.9. The van der Waals surface area contributed by atoms with E-state index in [2.05, 4.69) is 30.2 Å². The molecule has 0 aliphatic heterocycles. The summed E-state index contributed by atoms with van der Waals surface area (Å²) in [7, 11) is -3.30. The third kappa shape index (κ3) is 4.31. The molecule has 5 aromatic rings. The highest BCUT2D eigenvalue weighted by Crippen LogP contribution is 2.28. The van der Waals surface area contributed by atoms with Gasteiger partial charge >= 0.3 is 0 Å². The Labute approximate surface area is 190 Å². The monoisotopic (exact) mass is 456 g/mol. The van der Waals surface area contributed by atoms with Gasteiger partial charge in [0.2, 0.25) is 5.95 Å². The number of nitrogens with one attached hydrogen (secondary N) is 2. The smallest absolute Gasteiger partial charge is 0.227 e. The Morgan fingerprint density at radius 1 is 0.939 bits per heavy atom. The second kappa shape index (κ2) is 8.10. The van der Waals surface area contributed by atoms with Crippen LogP contribution in [0.25, 0.3) is 33.7 Å². The SMILES string of the molecule is Cc1cc2[nH]c(-c3cccc(S(C)(=O)=O)c3)nc2cc1Nc1nccc(-c2cccnc2)n1. The number of hydrogen-bond donors (Lipinski definition) is 2. The number of anilines is 2. The molecule has 5 rings (SSSR count). The summed E-state index contributed by atoms with van der Waals surface area (Å²) in [6.07, 6.45) is 6.37. The van der Waals surface area contributed by atoms with Crippen LogP contribution in [0.5, 0.6) is 0 Å². The minimum Gasteiger partial charge on any atom is -0.338 e. The van der Waals surface area contributed by atoms with E-state index in [1.165, 1.54) is 6.26 Å². The van der Waals surface area contributed by atoms with Crippen molar-refractivity contribution in [2.45, 2.75) is 11.8 Å².